The van der Waals surface area contributed by atoms with E-state index in [0.717, 1.165) is 26.1 Å². The molecule has 0 radical (unpaired) electrons. The number of amides is 1. The molecule has 7 heteroatoms. The Morgan fingerprint density at radius 1 is 1.18 bits per heavy atom. The van der Waals surface area contributed by atoms with Crippen molar-refractivity contribution in [3.8, 4) is 0 Å². The molecule has 0 saturated carbocycles. The zero-order valence-electron chi connectivity index (χ0n) is 15.3. The number of ether oxygens (including phenoxy) is 1. The SMILES string of the molecule is O=C(Nc1ccc2c(=O)[nH]c(CSC3CCOCC3)nc2c1)c1ccccc1. The molecule has 0 bridgehead atoms. The highest BCUT2D eigenvalue weighted by Gasteiger charge is 2.15. The van der Waals surface area contributed by atoms with Gasteiger partial charge in [0, 0.05) is 29.7 Å². The highest BCUT2D eigenvalue weighted by Crippen LogP contribution is 2.25. The maximum Gasteiger partial charge on any atom is 0.258 e. The summed E-state index contributed by atoms with van der Waals surface area (Å²) in [7, 11) is 0. The third-order valence-electron chi connectivity index (χ3n) is 4.67. The minimum absolute atomic E-state index is 0.159. The number of carbonyl (C=O) groups is 1. The fourth-order valence-electron chi connectivity index (χ4n) is 3.17. The van der Waals surface area contributed by atoms with E-state index in [1.54, 1.807) is 42.1 Å². The molecule has 0 aliphatic carbocycles. The van der Waals surface area contributed by atoms with Crippen molar-refractivity contribution in [2.24, 2.45) is 0 Å². The van der Waals surface area contributed by atoms with Gasteiger partial charge in [-0.1, -0.05) is 18.2 Å². The Morgan fingerprint density at radius 3 is 2.75 bits per heavy atom. The van der Waals surface area contributed by atoms with Crippen LogP contribution in [0.1, 0.15) is 29.0 Å². The van der Waals surface area contributed by atoms with Gasteiger partial charge in [0.25, 0.3) is 11.5 Å². The van der Waals surface area contributed by atoms with E-state index in [9.17, 15) is 9.59 Å². The molecule has 6 nitrogen and oxygen atoms in total. The molecule has 1 aliphatic rings. The third kappa shape index (κ3) is 4.43. The lowest BCUT2D eigenvalue weighted by atomic mass is 10.2. The Bertz CT molecular complexity index is 1030. The zero-order chi connectivity index (χ0) is 19.3. The van der Waals surface area contributed by atoms with E-state index < -0.39 is 0 Å². The Kier molecular flexibility index (Phi) is 5.73. The lowest BCUT2D eigenvalue weighted by Gasteiger charge is -2.21. The summed E-state index contributed by atoms with van der Waals surface area (Å²) in [6.07, 6.45) is 2.05. The van der Waals surface area contributed by atoms with E-state index in [4.69, 9.17) is 4.74 Å². The van der Waals surface area contributed by atoms with Gasteiger partial charge in [-0.25, -0.2) is 4.98 Å². The van der Waals surface area contributed by atoms with Crippen molar-refractivity contribution in [3.63, 3.8) is 0 Å². The monoisotopic (exact) mass is 395 g/mol. The van der Waals surface area contributed by atoms with Crippen molar-refractivity contribution in [1.82, 2.24) is 9.97 Å². The summed E-state index contributed by atoms with van der Waals surface area (Å²) in [5, 5.41) is 3.91. The van der Waals surface area contributed by atoms with Crippen molar-refractivity contribution in [3.05, 3.63) is 70.3 Å². The number of fused-ring (bicyclic) bond motifs is 1. The second-order valence-electron chi connectivity index (χ2n) is 6.69. The number of aromatic amines is 1. The third-order valence-corrected chi connectivity index (χ3v) is 6.06. The van der Waals surface area contributed by atoms with Crippen LogP contribution in [0.15, 0.2) is 53.3 Å². The van der Waals surface area contributed by atoms with Crippen molar-refractivity contribution in [1.29, 1.82) is 0 Å². The van der Waals surface area contributed by atoms with E-state index in [2.05, 4.69) is 15.3 Å². The molecule has 0 unspecified atom stereocenters. The van der Waals surface area contributed by atoms with E-state index in [0.29, 0.717) is 39.0 Å². The minimum atomic E-state index is -0.194. The van der Waals surface area contributed by atoms with Gasteiger partial charge in [0.05, 0.1) is 16.7 Å². The van der Waals surface area contributed by atoms with Crippen LogP contribution < -0.4 is 10.9 Å². The summed E-state index contributed by atoms with van der Waals surface area (Å²) in [5.74, 6) is 1.11. The average molecular weight is 395 g/mol. The summed E-state index contributed by atoms with van der Waals surface area (Å²) in [4.78, 5) is 32.2. The van der Waals surface area contributed by atoms with Gasteiger partial charge in [-0.3, -0.25) is 9.59 Å². The smallest absolute Gasteiger partial charge is 0.258 e. The standard InChI is InChI=1S/C21H21N3O3S/c25-20(14-4-2-1-3-5-14)22-15-6-7-17-18(12-15)23-19(24-21(17)26)13-28-16-8-10-27-11-9-16/h1-7,12,16H,8-11,13H2,(H,22,25)(H,23,24,26). The van der Waals surface area contributed by atoms with Crippen molar-refractivity contribution < 1.29 is 9.53 Å². The number of nitrogens with one attached hydrogen (secondary N) is 2. The zero-order valence-corrected chi connectivity index (χ0v) is 16.1. The second-order valence-corrected chi connectivity index (χ2v) is 7.98. The van der Waals surface area contributed by atoms with E-state index in [-0.39, 0.29) is 11.5 Å². The Balaban J connectivity index is 1.52. The molecular formula is C21H21N3O3S. The second kappa shape index (κ2) is 8.58. The summed E-state index contributed by atoms with van der Waals surface area (Å²) in [6, 6.07) is 14.2. The molecule has 3 aromatic rings. The molecule has 1 aliphatic heterocycles. The van der Waals surface area contributed by atoms with Crippen molar-refractivity contribution in [2.45, 2.75) is 23.8 Å². The molecule has 4 rings (SSSR count). The van der Waals surface area contributed by atoms with Crippen molar-refractivity contribution >= 4 is 34.3 Å². The van der Waals surface area contributed by atoms with Crippen LogP contribution in [0.4, 0.5) is 5.69 Å². The number of H-pyrrole nitrogens is 1. The molecule has 1 aromatic heterocycles. The maximum absolute atomic E-state index is 12.4. The number of nitrogens with zero attached hydrogens (tertiary/aromatic N) is 1. The quantitative estimate of drug-likeness (QED) is 0.690. The molecular weight excluding hydrogens is 374 g/mol. The van der Waals surface area contributed by atoms with E-state index >= 15 is 0 Å². The summed E-state index contributed by atoms with van der Waals surface area (Å²) < 4.78 is 5.38. The minimum Gasteiger partial charge on any atom is -0.381 e. The first kappa shape index (κ1) is 18.7. The molecule has 1 saturated heterocycles. The highest BCUT2D eigenvalue weighted by atomic mass is 32.2. The summed E-state index contributed by atoms with van der Waals surface area (Å²) in [6.45, 7) is 1.59. The lowest BCUT2D eigenvalue weighted by Crippen LogP contribution is -2.18. The molecule has 2 N–H and O–H groups in total. The number of hydrogen-bond acceptors (Lipinski definition) is 5. The van der Waals surface area contributed by atoms with Crippen LogP contribution in [0, 0.1) is 0 Å². The van der Waals surface area contributed by atoms with Gasteiger partial charge < -0.3 is 15.0 Å². The topological polar surface area (TPSA) is 84.1 Å². The normalized spacial score (nSPS) is 14.9. The van der Waals surface area contributed by atoms with E-state index in [1.807, 2.05) is 18.2 Å². The first-order valence-electron chi connectivity index (χ1n) is 9.28. The first-order chi connectivity index (χ1) is 13.7. The predicted octanol–water partition coefficient (Wildman–Crippen LogP) is 3.59. The molecule has 1 amide bonds. The average Bonchev–Trinajstić information content (AvgIpc) is 2.73. The molecule has 0 spiro atoms. The van der Waals surface area contributed by atoms with Gasteiger partial charge in [0.2, 0.25) is 0 Å². The number of carbonyl (C=O) groups excluding carboxylic acids is 1. The van der Waals surface area contributed by atoms with E-state index in [1.165, 1.54) is 0 Å². The Morgan fingerprint density at radius 2 is 1.96 bits per heavy atom. The molecule has 2 aromatic carbocycles. The molecule has 1 fully saturated rings. The van der Waals surface area contributed by atoms with Crippen LogP contribution in [0.2, 0.25) is 0 Å². The number of anilines is 1. The molecule has 28 heavy (non-hydrogen) atoms. The molecule has 2 heterocycles. The summed E-state index contributed by atoms with van der Waals surface area (Å²) in [5.41, 5.74) is 1.61. The maximum atomic E-state index is 12.4. The lowest BCUT2D eigenvalue weighted by molar-refractivity contribution is 0.1000. The highest BCUT2D eigenvalue weighted by molar-refractivity contribution is 7.99. The van der Waals surface area contributed by atoms with Gasteiger partial charge in [-0.2, -0.15) is 11.8 Å². The number of rotatable bonds is 5. The first-order valence-corrected chi connectivity index (χ1v) is 10.3. The van der Waals surface area contributed by atoms with Gasteiger partial charge >= 0.3 is 0 Å². The van der Waals surface area contributed by atoms with Gasteiger partial charge in [-0.05, 0) is 43.2 Å². The Labute approximate surface area is 166 Å². The number of thioether (sulfide) groups is 1. The van der Waals surface area contributed by atoms with Crippen LogP contribution in [-0.4, -0.2) is 34.3 Å². The number of benzene rings is 2. The van der Waals surface area contributed by atoms with Crippen LogP contribution in [0.25, 0.3) is 10.9 Å². The van der Waals surface area contributed by atoms with Gasteiger partial charge in [-0.15, -0.1) is 0 Å². The largest absolute Gasteiger partial charge is 0.381 e. The number of aromatic nitrogens is 2. The fourth-order valence-corrected chi connectivity index (χ4v) is 4.22. The summed E-state index contributed by atoms with van der Waals surface area (Å²) >= 11 is 1.80. The van der Waals surface area contributed by atoms with Crippen LogP contribution >= 0.6 is 11.8 Å². The predicted molar refractivity (Wildman–Crippen MR) is 112 cm³/mol. The Hall–Kier alpha value is -2.64. The van der Waals surface area contributed by atoms with Crippen LogP contribution in [0.3, 0.4) is 0 Å². The van der Waals surface area contributed by atoms with Crippen molar-refractivity contribution in [2.75, 3.05) is 18.5 Å². The fraction of sp³-hybridized carbons (Fsp3) is 0.286. The molecule has 0 atom stereocenters. The van der Waals surface area contributed by atoms with Crippen LogP contribution in [0.5, 0.6) is 0 Å². The van der Waals surface area contributed by atoms with Gasteiger partial charge in [0.15, 0.2) is 0 Å². The molecule has 144 valence electrons. The van der Waals surface area contributed by atoms with Gasteiger partial charge in [0.1, 0.15) is 5.82 Å². The van der Waals surface area contributed by atoms with Crippen LogP contribution in [-0.2, 0) is 10.5 Å². The number of hydrogen-bond donors (Lipinski definition) is 2.